The van der Waals surface area contributed by atoms with Gasteiger partial charge in [-0.1, -0.05) is 27.2 Å². The van der Waals surface area contributed by atoms with Gasteiger partial charge in [-0.2, -0.15) is 0 Å². The largest absolute Gasteiger partial charge is 0.378 e. The van der Waals surface area contributed by atoms with Crippen LogP contribution >= 0.6 is 0 Å². The van der Waals surface area contributed by atoms with E-state index in [1.54, 1.807) is 0 Å². The number of hydrogen-bond acceptors (Lipinski definition) is 3. The van der Waals surface area contributed by atoms with Gasteiger partial charge in [0.2, 0.25) is 5.91 Å². The van der Waals surface area contributed by atoms with Crippen molar-refractivity contribution in [3.63, 3.8) is 0 Å². The predicted octanol–water partition coefficient (Wildman–Crippen LogP) is 1.70. The Morgan fingerprint density at radius 2 is 2.22 bits per heavy atom. The number of rotatable bonds is 7. The van der Waals surface area contributed by atoms with Crippen LogP contribution in [0.1, 0.15) is 46.5 Å². The summed E-state index contributed by atoms with van der Waals surface area (Å²) in [7, 11) is 0. The highest BCUT2D eigenvalue weighted by atomic mass is 16.5. The van der Waals surface area contributed by atoms with E-state index in [4.69, 9.17) is 4.74 Å². The van der Waals surface area contributed by atoms with Crippen LogP contribution in [-0.2, 0) is 9.53 Å². The molecule has 0 radical (unpaired) electrons. The third-order valence-electron chi connectivity index (χ3n) is 3.24. The van der Waals surface area contributed by atoms with Gasteiger partial charge in [0, 0.05) is 19.2 Å². The minimum atomic E-state index is 0.0993. The molecule has 0 aromatic rings. The molecule has 1 saturated heterocycles. The van der Waals surface area contributed by atoms with Crippen molar-refractivity contribution < 1.29 is 9.53 Å². The third-order valence-corrected chi connectivity index (χ3v) is 3.24. The lowest BCUT2D eigenvalue weighted by atomic mass is 10.0. The molecule has 0 saturated carbocycles. The summed E-state index contributed by atoms with van der Waals surface area (Å²) in [5, 5.41) is 6.27. The number of hydrogen-bond donors (Lipinski definition) is 2. The van der Waals surface area contributed by atoms with Crippen molar-refractivity contribution in [1.82, 2.24) is 10.6 Å². The van der Waals surface area contributed by atoms with Gasteiger partial charge in [-0.15, -0.1) is 0 Å². The summed E-state index contributed by atoms with van der Waals surface area (Å²) in [4.78, 5) is 11.6. The van der Waals surface area contributed by atoms with E-state index in [1.807, 2.05) is 0 Å². The minimum absolute atomic E-state index is 0.0993. The Bertz CT molecular complexity index is 242. The lowest BCUT2D eigenvalue weighted by molar-refractivity contribution is -0.120. The number of amides is 1. The van der Waals surface area contributed by atoms with Crippen LogP contribution in [0, 0.1) is 5.92 Å². The van der Waals surface area contributed by atoms with Crippen molar-refractivity contribution in [3.05, 3.63) is 0 Å². The molecule has 1 fully saturated rings. The number of ether oxygens (including phenoxy) is 1. The van der Waals surface area contributed by atoms with Gasteiger partial charge in [-0.3, -0.25) is 4.79 Å². The van der Waals surface area contributed by atoms with Crippen LogP contribution in [0.5, 0.6) is 0 Å². The van der Waals surface area contributed by atoms with E-state index in [-0.39, 0.29) is 5.91 Å². The highest BCUT2D eigenvalue weighted by Gasteiger charge is 2.21. The molecular weight excluding hydrogens is 228 g/mol. The molecule has 2 atom stereocenters. The number of nitrogens with one attached hydrogen (secondary N) is 2. The summed E-state index contributed by atoms with van der Waals surface area (Å²) in [6.07, 6.45) is 4.70. The maximum absolute atomic E-state index is 11.6. The SMILES string of the molecule is CCCC1CC(NCC(=O)NCC(C)C)CCO1. The van der Waals surface area contributed by atoms with Crippen LogP contribution in [0.3, 0.4) is 0 Å². The van der Waals surface area contributed by atoms with Crippen molar-refractivity contribution >= 4 is 5.91 Å². The molecule has 4 nitrogen and oxygen atoms in total. The van der Waals surface area contributed by atoms with Crippen LogP contribution in [0.15, 0.2) is 0 Å². The van der Waals surface area contributed by atoms with E-state index in [1.165, 1.54) is 0 Å². The second kappa shape index (κ2) is 8.48. The van der Waals surface area contributed by atoms with Crippen LogP contribution < -0.4 is 10.6 Å². The Hall–Kier alpha value is -0.610. The molecular formula is C14H28N2O2. The average molecular weight is 256 g/mol. The fourth-order valence-corrected chi connectivity index (χ4v) is 2.21. The van der Waals surface area contributed by atoms with Crippen LogP contribution in [0.25, 0.3) is 0 Å². The molecule has 2 N–H and O–H groups in total. The standard InChI is InChI=1S/C14H28N2O2/c1-4-5-13-8-12(6-7-18-13)15-10-14(17)16-9-11(2)3/h11-13,15H,4-10H2,1-3H3,(H,16,17). The van der Waals surface area contributed by atoms with E-state index >= 15 is 0 Å². The molecule has 1 heterocycles. The highest BCUT2D eigenvalue weighted by Crippen LogP contribution is 2.17. The second-order valence-electron chi connectivity index (χ2n) is 5.58. The van der Waals surface area contributed by atoms with Gasteiger partial charge in [-0.25, -0.2) is 0 Å². The lowest BCUT2D eigenvalue weighted by Gasteiger charge is -2.30. The van der Waals surface area contributed by atoms with Gasteiger partial charge in [-0.05, 0) is 25.2 Å². The first-order chi connectivity index (χ1) is 8.61. The molecule has 1 amide bonds. The molecule has 0 aromatic heterocycles. The fraction of sp³-hybridized carbons (Fsp3) is 0.929. The maximum atomic E-state index is 11.6. The van der Waals surface area contributed by atoms with E-state index in [0.717, 1.165) is 38.8 Å². The van der Waals surface area contributed by atoms with Gasteiger partial charge in [0.25, 0.3) is 0 Å². The lowest BCUT2D eigenvalue weighted by Crippen LogP contribution is -2.44. The molecule has 0 aliphatic carbocycles. The smallest absolute Gasteiger partial charge is 0.233 e. The number of carbonyl (C=O) groups excluding carboxylic acids is 1. The zero-order valence-electron chi connectivity index (χ0n) is 12.0. The molecule has 4 heteroatoms. The van der Waals surface area contributed by atoms with Crippen LogP contribution in [-0.4, -0.2) is 37.7 Å². The summed E-state index contributed by atoms with van der Waals surface area (Å²) in [5.41, 5.74) is 0. The van der Waals surface area contributed by atoms with E-state index in [2.05, 4.69) is 31.4 Å². The molecule has 1 aliphatic heterocycles. The maximum Gasteiger partial charge on any atom is 0.233 e. The van der Waals surface area contributed by atoms with Crippen molar-refractivity contribution in [2.75, 3.05) is 19.7 Å². The summed E-state index contributed by atoms with van der Waals surface area (Å²) >= 11 is 0. The van der Waals surface area contributed by atoms with Gasteiger partial charge >= 0.3 is 0 Å². The van der Waals surface area contributed by atoms with Gasteiger partial charge < -0.3 is 15.4 Å². The Labute approximate surface area is 111 Å². The van der Waals surface area contributed by atoms with Crippen molar-refractivity contribution in [2.45, 2.75) is 58.6 Å². The van der Waals surface area contributed by atoms with Gasteiger partial charge in [0.05, 0.1) is 12.6 Å². The monoisotopic (exact) mass is 256 g/mol. The molecule has 1 rings (SSSR count). The zero-order valence-corrected chi connectivity index (χ0v) is 12.0. The molecule has 1 aliphatic rings. The Morgan fingerprint density at radius 3 is 2.89 bits per heavy atom. The minimum Gasteiger partial charge on any atom is -0.378 e. The van der Waals surface area contributed by atoms with Crippen molar-refractivity contribution in [1.29, 1.82) is 0 Å². The highest BCUT2D eigenvalue weighted by molar-refractivity contribution is 5.77. The van der Waals surface area contributed by atoms with Crippen molar-refractivity contribution in [2.24, 2.45) is 5.92 Å². The molecule has 0 aromatic carbocycles. The summed E-state index contributed by atoms with van der Waals surface area (Å²) in [6.45, 7) is 8.38. The van der Waals surface area contributed by atoms with E-state index in [9.17, 15) is 4.79 Å². The Morgan fingerprint density at radius 1 is 1.44 bits per heavy atom. The normalized spacial score (nSPS) is 24.2. The van der Waals surface area contributed by atoms with Gasteiger partial charge in [0.1, 0.15) is 0 Å². The van der Waals surface area contributed by atoms with Crippen molar-refractivity contribution in [3.8, 4) is 0 Å². The summed E-state index contributed by atoms with van der Waals surface area (Å²) in [5.74, 6) is 0.605. The molecule has 106 valence electrons. The molecule has 18 heavy (non-hydrogen) atoms. The van der Waals surface area contributed by atoms with E-state index in [0.29, 0.717) is 24.6 Å². The van der Waals surface area contributed by atoms with E-state index < -0.39 is 0 Å². The summed E-state index contributed by atoms with van der Waals surface area (Å²) < 4.78 is 5.69. The third kappa shape index (κ3) is 6.36. The Balaban J connectivity index is 2.16. The molecule has 2 unspecified atom stereocenters. The first kappa shape index (κ1) is 15.4. The fourth-order valence-electron chi connectivity index (χ4n) is 2.21. The summed E-state index contributed by atoms with van der Waals surface area (Å²) in [6, 6.07) is 0.431. The number of carbonyl (C=O) groups is 1. The molecule has 0 spiro atoms. The quantitative estimate of drug-likeness (QED) is 0.729. The predicted molar refractivity (Wildman–Crippen MR) is 73.5 cm³/mol. The first-order valence-electron chi connectivity index (χ1n) is 7.23. The topological polar surface area (TPSA) is 50.4 Å². The first-order valence-corrected chi connectivity index (χ1v) is 7.23. The van der Waals surface area contributed by atoms with Crippen LogP contribution in [0.2, 0.25) is 0 Å². The Kier molecular flexibility index (Phi) is 7.28. The average Bonchev–Trinajstić information content (AvgIpc) is 2.35. The second-order valence-corrected chi connectivity index (χ2v) is 5.58. The zero-order chi connectivity index (χ0) is 13.4. The molecule has 0 bridgehead atoms. The van der Waals surface area contributed by atoms with Gasteiger partial charge in [0.15, 0.2) is 0 Å². The van der Waals surface area contributed by atoms with Crippen LogP contribution in [0.4, 0.5) is 0 Å².